The number of nitrogens with one attached hydrogen (secondary N) is 1. The van der Waals surface area contributed by atoms with Crippen LogP contribution in [0.1, 0.15) is 19.8 Å². The monoisotopic (exact) mass is 217 g/mol. The Bertz CT molecular complexity index is 551. The predicted octanol–water partition coefficient (Wildman–Crippen LogP) is 2.08. The molecule has 0 amide bonds. The second-order valence-electron chi connectivity index (χ2n) is 3.65. The number of fused-ring (bicyclic) bond motifs is 1. The lowest BCUT2D eigenvalue weighted by Crippen LogP contribution is -2.19. The van der Waals surface area contributed by atoms with Gasteiger partial charge < -0.3 is 4.98 Å². The summed E-state index contributed by atoms with van der Waals surface area (Å²) in [6.45, 7) is 2.78. The maximum Gasteiger partial charge on any atom is 0.262 e. The fraction of sp³-hybridized carbons (Fsp3) is 0.333. The number of hydrogen-bond donors (Lipinski definition) is 1. The van der Waals surface area contributed by atoms with Gasteiger partial charge in [0.25, 0.3) is 5.56 Å². The van der Waals surface area contributed by atoms with E-state index in [1.54, 1.807) is 23.2 Å². The average molecular weight is 217 g/mol. The Morgan fingerprint density at radius 1 is 1.50 bits per heavy atom. The van der Waals surface area contributed by atoms with Gasteiger partial charge in [0.1, 0.15) is 5.65 Å². The van der Waals surface area contributed by atoms with Crippen LogP contribution in [0.3, 0.4) is 0 Å². The van der Waals surface area contributed by atoms with E-state index in [1.807, 2.05) is 0 Å². The van der Waals surface area contributed by atoms with Crippen molar-refractivity contribution in [3.8, 4) is 0 Å². The van der Waals surface area contributed by atoms with E-state index < -0.39 is 0 Å². The SMILES string of the molecule is CCC=CCCn1cnc2[nH]ccc2c1=O. The van der Waals surface area contributed by atoms with E-state index in [9.17, 15) is 4.79 Å². The third kappa shape index (κ3) is 2.05. The van der Waals surface area contributed by atoms with Gasteiger partial charge in [0.05, 0.1) is 11.7 Å². The largest absolute Gasteiger partial charge is 0.346 e. The number of H-pyrrole nitrogens is 1. The molecule has 4 heteroatoms. The molecule has 0 aliphatic carbocycles. The summed E-state index contributed by atoms with van der Waals surface area (Å²) < 4.78 is 1.65. The zero-order chi connectivity index (χ0) is 11.4. The lowest BCUT2D eigenvalue weighted by atomic mass is 10.3. The van der Waals surface area contributed by atoms with Gasteiger partial charge in [-0.1, -0.05) is 19.1 Å². The van der Waals surface area contributed by atoms with Crippen LogP contribution >= 0.6 is 0 Å². The summed E-state index contributed by atoms with van der Waals surface area (Å²) in [5.41, 5.74) is 0.682. The summed E-state index contributed by atoms with van der Waals surface area (Å²) in [5.74, 6) is 0. The van der Waals surface area contributed by atoms with Crippen LogP contribution in [0.4, 0.5) is 0 Å². The van der Waals surface area contributed by atoms with Gasteiger partial charge >= 0.3 is 0 Å². The third-order valence-corrected chi connectivity index (χ3v) is 2.48. The normalized spacial score (nSPS) is 11.6. The van der Waals surface area contributed by atoms with E-state index in [2.05, 4.69) is 29.0 Å². The summed E-state index contributed by atoms with van der Waals surface area (Å²) in [5, 5.41) is 0.655. The first-order valence-electron chi connectivity index (χ1n) is 5.50. The molecular weight excluding hydrogens is 202 g/mol. The molecule has 2 aromatic heterocycles. The lowest BCUT2D eigenvalue weighted by molar-refractivity contribution is 0.672. The summed E-state index contributed by atoms with van der Waals surface area (Å²) in [6, 6.07) is 1.77. The van der Waals surface area contributed by atoms with Crippen molar-refractivity contribution in [2.75, 3.05) is 0 Å². The van der Waals surface area contributed by atoms with Crippen molar-refractivity contribution in [1.29, 1.82) is 0 Å². The highest BCUT2D eigenvalue weighted by Crippen LogP contribution is 2.02. The second-order valence-corrected chi connectivity index (χ2v) is 3.65. The molecule has 4 nitrogen and oxygen atoms in total. The fourth-order valence-electron chi connectivity index (χ4n) is 1.63. The van der Waals surface area contributed by atoms with Crippen molar-refractivity contribution in [2.45, 2.75) is 26.3 Å². The van der Waals surface area contributed by atoms with E-state index in [1.165, 1.54) is 0 Å². The number of nitrogens with zero attached hydrogens (tertiary/aromatic N) is 2. The molecule has 0 aliphatic heterocycles. The molecular formula is C12H15N3O. The van der Waals surface area contributed by atoms with Crippen LogP contribution < -0.4 is 5.56 Å². The Morgan fingerprint density at radius 3 is 3.19 bits per heavy atom. The molecule has 0 saturated carbocycles. The number of aryl methyl sites for hydroxylation is 1. The Morgan fingerprint density at radius 2 is 2.38 bits per heavy atom. The molecule has 0 aliphatic rings. The fourth-order valence-corrected chi connectivity index (χ4v) is 1.63. The van der Waals surface area contributed by atoms with Gasteiger partial charge in [-0.3, -0.25) is 9.36 Å². The Labute approximate surface area is 93.6 Å². The number of aromatic nitrogens is 3. The summed E-state index contributed by atoms with van der Waals surface area (Å²) in [7, 11) is 0. The Hall–Kier alpha value is -1.84. The van der Waals surface area contributed by atoms with E-state index in [-0.39, 0.29) is 5.56 Å². The molecule has 2 aromatic rings. The van der Waals surface area contributed by atoms with Crippen LogP contribution in [0, 0.1) is 0 Å². The van der Waals surface area contributed by atoms with Gasteiger partial charge in [-0.05, 0) is 18.9 Å². The van der Waals surface area contributed by atoms with Gasteiger partial charge in [0.2, 0.25) is 0 Å². The molecule has 0 bridgehead atoms. The van der Waals surface area contributed by atoms with Crippen LogP contribution in [-0.4, -0.2) is 14.5 Å². The molecule has 0 fully saturated rings. The van der Waals surface area contributed by atoms with Gasteiger partial charge in [-0.15, -0.1) is 0 Å². The predicted molar refractivity (Wildman–Crippen MR) is 64.4 cm³/mol. The van der Waals surface area contributed by atoms with Crippen LogP contribution in [0.5, 0.6) is 0 Å². The number of hydrogen-bond acceptors (Lipinski definition) is 2. The van der Waals surface area contributed by atoms with E-state index >= 15 is 0 Å². The Kier molecular flexibility index (Phi) is 3.19. The van der Waals surface area contributed by atoms with Crippen molar-refractivity contribution in [1.82, 2.24) is 14.5 Å². The summed E-state index contributed by atoms with van der Waals surface area (Å²) in [6.07, 6.45) is 9.43. The van der Waals surface area contributed by atoms with E-state index in [0.29, 0.717) is 17.6 Å². The molecule has 0 unspecified atom stereocenters. The van der Waals surface area contributed by atoms with Crippen LogP contribution in [-0.2, 0) is 6.54 Å². The minimum atomic E-state index is 0.0242. The molecule has 16 heavy (non-hydrogen) atoms. The number of rotatable bonds is 4. The first-order chi connectivity index (χ1) is 7.83. The highest BCUT2D eigenvalue weighted by Gasteiger charge is 2.02. The maximum absolute atomic E-state index is 11.9. The molecule has 1 N–H and O–H groups in total. The molecule has 0 atom stereocenters. The first kappa shape index (κ1) is 10.7. The molecule has 0 radical (unpaired) electrons. The minimum absolute atomic E-state index is 0.0242. The smallest absolute Gasteiger partial charge is 0.262 e. The molecule has 84 valence electrons. The van der Waals surface area contributed by atoms with Crippen LogP contribution in [0.2, 0.25) is 0 Å². The first-order valence-corrected chi connectivity index (χ1v) is 5.50. The number of aromatic amines is 1. The topological polar surface area (TPSA) is 50.7 Å². The van der Waals surface area contributed by atoms with Crippen molar-refractivity contribution in [3.05, 3.63) is 41.1 Å². The lowest BCUT2D eigenvalue weighted by Gasteiger charge is -2.02. The highest BCUT2D eigenvalue weighted by atomic mass is 16.1. The van der Waals surface area contributed by atoms with Gasteiger partial charge in [-0.2, -0.15) is 0 Å². The summed E-state index contributed by atoms with van der Waals surface area (Å²) >= 11 is 0. The van der Waals surface area contributed by atoms with Crippen molar-refractivity contribution in [3.63, 3.8) is 0 Å². The van der Waals surface area contributed by atoms with Crippen LogP contribution in [0.15, 0.2) is 35.5 Å². The molecule has 0 aromatic carbocycles. The minimum Gasteiger partial charge on any atom is -0.346 e. The zero-order valence-electron chi connectivity index (χ0n) is 9.31. The molecule has 0 saturated heterocycles. The number of allylic oxidation sites excluding steroid dienone is 2. The standard InChI is InChI=1S/C12H15N3O/c1-2-3-4-5-8-15-9-14-11-10(12(15)16)6-7-13-11/h3-4,6-7,9,13H,2,5,8H2,1H3. The van der Waals surface area contributed by atoms with E-state index in [4.69, 9.17) is 0 Å². The third-order valence-electron chi connectivity index (χ3n) is 2.48. The zero-order valence-corrected chi connectivity index (χ0v) is 9.31. The van der Waals surface area contributed by atoms with Gasteiger partial charge in [0.15, 0.2) is 0 Å². The van der Waals surface area contributed by atoms with Gasteiger partial charge in [-0.25, -0.2) is 4.98 Å². The maximum atomic E-state index is 11.9. The van der Waals surface area contributed by atoms with Crippen molar-refractivity contribution in [2.24, 2.45) is 0 Å². The van der Waals surface area contributed by atoms with E-state index in [0.717, 1.165) is 12.8 Å². The molecule has 0 spiro atoms. The Balaban J connectivity index is 2.21. The second kappa shape index (κ2) is 4.79. The summed E-state index contributed by atoms with van der Waals surface area (Å²) in [4.78, 5) is 19.0. The quantitative estimate of drug-likeness (QED) is 0.797. The average Bonchev–Trinajstić information content (AvgIpc) is 2.76. The van der Waals surface area contributed by atoms with Gasteiger partial charge in [0, 0.05) is 12.7 Å². The molecule has 2 heterocycles. The highest BCUT2D eigenvalue weighted by molar-refractivity contribution is 5.73. The van der Waals surface area contributed by atoms with Crippen molar-refractivity contribution < 1.29 is 0 Å². The van der Waals surface area contributed by atoms with Crippen LogP contribution in [0.25, 0.3) is 11.0 Å². The van der Waals surface area contributed by atoms with Crippen molar-refractivity contribution >= 4 is 11.0 Å². The molecule has 2 rings (SSSR count).